The molecule has 0 aliphatic carbocycles. The number of aliphatic hydroxyl groups is 1. The highest BCUT2D eigenvalue weighted by molar-refractivity contribution is 5.96. The fourth-order valence-electron chi connectivity index (χ4n) is 1.03. The molecule has 0 aliphatic rings. The van der Waals surface area contributed by atoms with Gasteiger partial charge in [-0.2, -0.15) is 0 Å². The molecular formula is C10H12N2O3. The monoisotopic (exact) mass is 208 g/mol. The van der Waals surface area contributed by atoms with Crippen molar-refractivity contribution in [2.45, 2.75) is 6.61 Å². The maximum atomic E-state index is 11.4. The van der Waals surface area contributed by atoms with Crippen molar-refractivity contribution in [3.63, 3.8) is 0 Å². The minimum Gasteiger partial charge on any atom is -0.392 e. The van der Waals surface area contributed by atoms with Gasteiger partial charge in [-0.1, -0.05) is 12.1 Å². The van der Waals surface area contributed by atoms with E-state index in [1.54, 1.807) is 24.3 Å². The fraction of sp³-hybridized carbons (Fsp3) is 0.200. The van der Waals surface area contributed by atoms with Crippen LogP contribution in [0.25, 0.3) is 0 Å². The van der Waals surface area contributed by atoms with Crippen LogP contribution < -0.4 is 11.1 Å². The van der Waals surface area contributed by atoms with Crippen molar-refractivity contribution in [3.8, 4) is 0 Å². The molecule has 0 heterocycles. The Labute approximate surface area is 86.9 Å². The summed E-state index contributed by atoms with van der Waals surface area (Å²) in [5.74, 6) is -0.950. The molecular weight excluding hydrogens is 196 g/mol. The van der Waals surface area contributed by atoms with Gasteiger partial charge in [-0.15, -0.1) is 0 Å². The predicted octanol–water partition coefficient (Wildman–Crippen LogP) is -0.606. The highest BCUT2D eigenvalue weighted by Gasteiger charge is 2.05. The number of nitrogens with one attached hydrogen (secondary N) is 1. The Balaban J connectivity index is 2.62. The molecule has 0 atom stereocenters. The van der Waals surface area contributed by atoms with Gasteiger partial charge in [-0.25, -0.2) is 0 Å². The number of aliphatic hydroxyl groups excluding tert-OH is 1. The summed E-state index contributed by atoms with van der Waals surface area (Å²) in [5, 5.41) is 11.1. The zero-order valence-corrected chi connectivity index (χ0v) is 8.06. The molecule has 1 aromatic carbocycles. The number of hydrogen-bond acceptors (Lipinski definition) is 3. The predicted molar refractivity (Wildman–Crippen MR) is 53.9 cm³/mol. The van der Waals surface area contributed by atoms with E-state index in [1.165, 1.54) is 0 Å². The molecule has 0 unspecified atom stereocenters. The van der Waals surface area contributed by atoms with E-state index < -0.39 is 5.91 Å². The van der Waals surface area contributed by atoms with Crippen molar-refractivity contribution in [2.75, 3.05) is 6.54 Å². The molecule has 4 N–H and O–H groups in total. The van der Waals surface area contributed by atoms with Gasteiger partial charge in [0.15, 0.2) is 0 Å². The van der Waals surface area contributed by atoms with Crippen molar-refractivity contribution in [1.82, 2.24) is 5.32 Å². The number of nitrogens with two attached hydrogens (primary N) is 1. The first kappa shape index (κ1) is 11.2. The quantitative estimate of drug-likeness (QED) is 0.616. The zero-order valence-electron chi connectivity index (χ0n) is 8.06. The van der Waals surface area contributed by atoms with Gasteiger partial charge < -0.3 is 16.2 Å². The molecule has 1 aromatic rings. The Morgan fingerprint density at radius 2 is 1.87 bits per heavy atom. The summed E-state index contributed by atoms with van der Waals surface area (Å²) in [5.41, 5.74) is 6.03. The van der Waals surface area contributed by atoms with Crippen molar-refractivity contribution < 1.29 is 14.7 Å². The van der Waals surface area contributed by atoms with E-state index in [9.17, 15) is 9.59 Å². The number of benzene rings is 1. The van der Waals surface area contributed by atoms with Crippen LogP contribution in [0.15, 0.2) is 24.3 Å². The molecule has 0 aromatic heterocycles. The van der Waals surface area contributed by atoms with Crippen molar-refractivity contribution in [3.05, 3.63) is 35.4 Å². The third kappa shape index (κ3) is 3.40. The zero-order chi connectivity index (χ0) is 11.3. The molecule has 0 aliphatic heterocycles. The number of amides is 2. The highest BCUT2D eigenvalue weighted by atomic mass is 16.3. The maximum absolute atomic E-state index is 11.4. The van der Waals surface area contributed by atoms with E-state index in [0.717, 1.165) is 5.56 Å². The average molecular weight is 208 g/mol. The van der Waals surface area contributed by atoms with E-state index in [1.807, 2.05) is 0 Å². The average Bonchev–Trinajstić information content (AvgIpc) is 2.26. The molecule has 80 valence electrons. The van der Waals surface area contributed by atoms with Gasteiger partial charge in [0.2, 0.25) is 5.91 Å². The van der Waals surface area contributed by atoms with Crippen LogP contribution in [-0.2, 0) is 11.4 Å². The lowest BCUT2D eigenvalue weighted by atomic mass is 10.1. The summed E-state index contributed by atoms with van der Waals surface area (Å²) < 4.78 is 0. The second kappa shape index (κ2) is 5.11. The molecule has 2 amide bonds. The summed E-state index contributed by atoms with van der Waals surface area (Å²) in [6.07, 6.45) is 0. The third-order valence-corrected chi connectivity index (χ3v) is 1.82. The van der Waals surface area contributed by atoms with Gasteiger partial charge in [0.05, 0.1) is 13.2 Å². The van der Waals surface area contributed by atoms with Crippen LogP contribution >= 0.6 is 0 Å². The molecule has 0 bridgehead atoms. The Morgan fingerprint density at radius 1 is 1.27 bits per heavy atom. The van der Waals surface area contributed by atoms with E-state index in [4.69, 9.17) is 10.8 Å². The van der Waals surface area contributed by atoms with Crippen molar-refractivity contribution >= 4 is 11.8 Å². The van der Waals surface area contributed by atoms with Gasteiger partial charge in [-0.3, -0.25) is 9.59 Å². The molecule has 0 saturated heterocycles. The SMILES string of the molecule is NC(=O)CNC(=O)c1ccc(CO)cc1. The lowest BCUT2D eigenvalue weighted by Gasteiger charge is -2.03. The normalized spacial score (nSPS) is 9.67. The summed E-state index contributed by atoms with van der Waals surface area (Å²) in [7, 11) is 0. The topological polar surface area (TPSA) is 92.4 Å². The lowest BCUT2D eigenvalue weighted by molar-refractivity contribution is -0.117. The number of carbonyl (C=O) groups excluding carboxylic acids is 2. The van der Waals surface area contributed by atoms with Crippen LogP contribution in [0.4, 0.5) is 0 Å². The molecule has 5 heteroatoms. The smallest absolute Gasteiger partial charge is 0.251 e. The van der Waals surface area contributed by atoms with Gasteiger partial charge >= 0.3 is 0 Å². The van der Waals surface area contributed by atoms with Gasteiger partial charge in [-0.05, 0) is 17.7 Å². The van der Waals surface area contributed by atoms with Gasteiger partial charge in [0.1, 0.15) is 0 Å². The van der Waals surface area contributed by atoms with Crippen LogP contribution in [0.3, 0.4) is 0 Å². The van der Waals surface area contributed by atoms with Crippen molar-refractivity contribution in [2.24, 2.45) is 5.73 Å². The van der Waals surface area contributed by atoms with Crippen LogP contribution in [0.5, 0.6) is 0 Å². The third-order valence-electron chi connectivity index (χ3n) is 1.82. The first-order valence-corrected chi connectivity index (χ1v) is 4.40. The summed E-state index contributed by atoms with van der Waals surface area (Å²) in [6.45, 7) is -0.246. The Kier molecular flexibility index (Phi) is 3.82. The fourth-order valence-corrected chi connectivity index (χ4v) is 1.03. The highest BCUT2D eigenvalue weighted by Crippen LogP contribution is 2.03. The number of primary amides is 1. The maximum Gasteiger partial charge on any atom is 0.251 e. The van der Waals surface area contributed by atoms with Crippen LogP contribution in [0.2, 0.25) is 0 Å². The van der Waals surface area contributed by atoms with Crippen LogP contribution in [0, 0.1) is 0 Å². The molecule has 0 fully saturated rings. The Bertz CT molecular complexity index is 359. The minimum absolute atomic E-state index is 0.0663. The second-order valence-electron chi connectivity index (χ2n) is 3.00. The van der Waals surface area contributed by atoms with Crippen LogP contribution in [-0.4, -0.2) is 23.5 Å². The van der Waals surface area contributed by atoms with E-state index >= 15 is 0 Å². The van der Waals surface area contributed by atoms with Gasteiger partial charge in [0.25, 0.3) is 5.91 Å². The molecule has 15 heavy (non-hydrogen) atoms. The minimum atomic E-state index is -0.588. The van der Waals surface area contributed by atoms with E-state index in [-0.39, 0.29) is 19.1 Å². The summed E-state index contributed by atoms with van der Waals surface area (Å²) >= 11 is 0. The first-order valence-electron chi connectivity index (χ1n) is 4.40. The van der Waals surface area contributed by atoms with Crippen LogP contribution in [0.1, 0.15) is 15.9 Å². The summed E-state index contributed by atoms with van der Waals surface area (Å²) in [4.78, 5) is 21.8. The Morgan fingerprint density at radius 3 is 2.33 bits per heavy atom. The largest absolute Gasteiger partial charge is 0.392 e. The number of carbonyl (C=O) groups is 2. The van der Waals surface area contributed by atoms with E-state index in [0.29, 0.717) is 5.56 Å². The lowest BCUT2D eigenvalue weighted by Crippen LogP contribution is -2.33. The molecule has 5 nitrogen and oxygen atoms in total. The van der Waals surface area contributed by atoms with Crippen molar-refractivity contribution in [1.29, 1.82) is 0 Å². The molecule has 0 saturated carbocycles. The molecule has 1 rings (SSSR count). The van der Waals surface area contributed by atoms with Gasteiger partial charge in [0, 0.05) is 5.56 Å². The Hall–Kier alpha value is -1.88. The molecule has 0 spiro atoms. The van der Waals surface area contributed by atoms with E-state index in [2.05, 4.69) is 5.32 Å². The number of rotatable bonds is 4. The standard InChI is InChI=1S/C10H12N2O3/c11-9(14)5-12-10(15)8-3-1-7(6-13)2-4-8/h1-4,13H,5-6H2,(H2,11,14)(H,12,15). The molecule has 0 radical (unpaired) electrons. The first-order chi connectivity index (χ1) is 7.13. The summed E-state index contributed by atoms with van der Waals surface area (Å²) in [6, 6.07) is 6.42. The second-order valence-corrected chi connectivity index (χ2v) is 3.00. The number of hydrogen-bond donors (Lipinski definition) is 3.